The van der Waals surface area contributed by atoms with Gasteiger partial charge >= 0.3 is 0 Å². The second-order valence-corrected chi connectivity index (χ2v) is 5.87. The fraction of sp³-hybridized carbons (Fsp3) is 0.500. The number of benzene rings is 1. The van der Waals surface area contributed by atoms with Crippen molar-refractivity contribution in [3.63, 3.8) is 0 Å². The topological polar surface area (TPSA) is 38.8 Å². The van der Waals surface area contributed by atoms with E-state index in [-0.39, 0.29) is 5.91 Å². The highest BCUT2D eigenvalue weighted by Gasteiger charge is 2.18. The zero-order chi connectivity index (χ0) is 13.1. The van der Waals surface area contributed by atoms with Crippen molar-refractivity contribution in [3.05, 3.63) is 23.8 Å². The molecule has 0 N–H and O–H groups in total. The minimum Gasteiger partial charge on any atom is -0.486 e. The van der Waals surface area contributed by atoms with E-state index < -0.39 is 0 Å². The summed E-state index contributed by atoms with van der Waals surface area (Å²) in [6.45, 7) is 2.91. The second kappa shape index (κ2) is 5.74. The van der Waals surface area contributed by atoms with E-state index in [2.05, 4.69) is 0 Å². The van der Waals surface area contributed by atoms with Gasteiger partial charge in [-0.2, -0.15) is 11.8 Å². The lowest BCUT2D eigenvalue weighted by Crippen LogP contribution is -2.38. The van der Waals surface area contributed by atoms with Crippen LogP contribution in [0.25, 0.3) is 0 Å². The van der Waals surface area contributed by atoms with Gasteiger partial charge in [-0.3, -0.25) is 4.79 Å². The Morgan fingerprint density at radius 2 is 1.89 bits per heavy atom. The Bertz CT molecular complexity index is 472. The zero-order valence-corrected chi connectivity index (χ0v) is 11.6. The molecule has 4 nitrogen and oxygen atoms in total. The summed E-state index contributed by atoms with van der Waals surface area (Å²) in [5.41, 5.74) is 0.993. The summed E-state index contributed by atoms with van der Waals surface area (Å²) in [7, 11) is 0. The van der Waals surface area contributed by atoms with E-state index in [4.69, 9.17) is 9.47 Å². The van der Waals surface area contributed by atoms with Crippen molar-refractivity contribution in [2.75, 3.05) is 37.8 Å². The van der Waals surface area contributed by atoms with E-state index in [1.807, 2.05) is 34.9 Å². The van der Waals surface area contributed by atoms with Crippen LogP contribution in [-0.4, -0.2) is 48.6 Å². The Hall–Kier alpha value is -1.36. The van der Waals surface area contributed by atoms with Gasteiger partial charge in [0.1, 0.15) is 13.2 Å². The van der Waals surface area contributed by atoms with Gasteiger partial charge in [0.25, 0.3) is 0 Å². The predicted octanol–water partition coefficient (Wildman–Crippen LogP) is 1.58. The summed E-state index contributed by atoms with van der Waals surface area (Å²) >= 11 is 1.91. The van der Waals surface area contributed by atoms with Gasteiger partial charge in [-0.05, 0) is 17.7 Å². The molecular formula is C14H17NO3S. The highest BCUT2D eigenvalue weighted by atomic mass is 32.2. The molecular weight excluding hydrogens is 262 g/mol. The summed E-state index contributed by atoms with van der Waals surface area (Å²) in [6.07, 6.45) is 0.446. The van der Waals surface area contributed by atoms with Gasteiger partial charge < -0.3 is 14.4 Å². The van der Waals surface area contributed by atoms with Crippen LogP contribution in [0.2, 0.25) is 0 Å². The van der Waals surface area contributed by atoms with Crippen molar-refractivity contribution in [2.45, 2.75) is 6.42 Å². The molecule has 0 atom stereocenters. The number of nitrogens with zero attached hydrogens (tertiary/aromatic N) is 1. The van der Waals surface area contributed by atoms with E-state index in [0.717, 1.165) is 41.7 Å². The molecule has 2 heterocycles. The molecule has 1 aromatic carbocycles. The number of ether oxygens (including phenoxy) is 2. The molecule has 102 valence electrons. The van der Waals surface area contributed by atoms with Crippen LogP contribution in [0.1, 0.15) is 5.56 Å². The Balaban J connectivity index is 1.67. The van der Waals surface area contributed by atoms with Crippen LogP contribution in [0.15, 0.2) is 18.2 Å². The number of carbonyl (C=O) groups is 1. The van der Waals surface area contributed by atoms with Gasteiger partial charge in [-0.15, -0.1) is 0 Å². The third-order valence-corrected chi connectivity index (χ3v) is 4.27. The van der Waals surface area contributed by atoms with Gasteiger partial charge in [-0.25, -0.2) is 0 Å². The maximum atomic E-state index is 12.2. The van der Waals surface area contributed by atoms with Crippen LogP contribution in [0.4, 0.5) is 0 Å². The van der Waals surface area contributed by atoms with Gasteiger partial charge in [0.15, 0.2) is 11.5 Å². The lowest BCUT2D eigenvalue weighted by molar-refractivity contribution is -0.130. The smallest absolute Gasteiger partial charge is 0.227 e. The fourth-order valence-electron chi connectivity index (χ4n) is 2.30. The zero-order valence-electron chi connectivity index (χ0n) is 10.8. The SMILES string of the molecule is O=C(Cc1ccc2c(c1)OCCO2)N1CCSCC1. The molecule has 0 bridgehead atoms. The van der Waals surface area contributed by atoms with Gasteiger partial charge in [0, 0.05) is 24.6 Å². The standard InChI is InChI=1S/C14H17NO3S/c16-14(15-3-7-19-8-4-15)10-11-1-2-12-13(9-11)18-6-5-17-12/h1-2,9H,3-8,10H2. The minimum absolute atomic E-state index is 0.206. The molecule has 2 aliphatic rings. The number of hydrogen-bond donors (Lipinski definition) is 0. The first-order chi connectivity index (χ1) is 9.33. The van der Waals surface area contributed by atoms with E-state index in [1.54, 1.807) is 0 Å². The molecule has 1 aromatic rings. The summed E-state index contributed by atoms with van der Waals surface area (Å²) < 4.78 is 11.0. The Morgan fingerprint density at radius 1 is 1.16 bits per heavy atom. The summed E-state index contributed by atoms with van der Waals surface area (Å²) in [5, 5.41) is 0. The largest absolute Gasteiger partial charge is 0.486 e. The number of amides is 1. The third-order valence-electron chi connectivity index (χ3n) is 3.33. The average Bonchev–Trinajstić information content (AvgIpc) is 2.48. The number of fused-ring (bicyclic) bond motifs is 1. The summed E-state index contributed by atoms with van der Waals surface area (Å²) in [5.74, 6) is 3.83. The molecule has 0 aromatic heterocycles. The first kappa shape index (κ1) is 12.7. The lowest BCUT2D eigenvalue weighted by Gasteiger charge is -2.26. The van der Waals surface area contributed by atoms with Crippen LogP contribution in [-0.2, 0) is 11.2 Å². The molecule has 0 spiro atoms. The van der Waals surface area contributed by atoms with Gasteiger partial charge in [-0.1, -0.05) is 6.07 Å². The first-order valence-corrected chi connectivity index (χ1v) is 7.72. The fourth-order valence-corrected chi connectivity index (χ4v) is 3.20. The highest BCUT2D eigenvalue weighted by Crippen LogP contribution is 2.31. The molecule has 0 aliphatic carbocycles. The molecule has 2 aliphatic heterocycles. The monoisotopic (exact) mass is 279 g/mol. The van der Waals surface area contributed by atoms with Crippen LogP contribution in [0.3, 0.4) is 0 Å². The lowest BCUT2D eigenvalue weighted by atomic mass is 10.1. The Morgan fingerprint density at radius 3 is 2.68 bits per heavy atom. The van der Waals surface area contributed by atoms with E-state index >= 15 is 0 Å². The van der Waals surface area contributed by atoms with Crippen LogP contribution in [0, 0.1) is 0 Å². The number of thioether (sulfide) groups is 1. The maximum absolute atomic E-state index is 12.2. The number of rotatable bonds is 2. The number of carbonyl (C=O) groups excluding carboxylic acids is 1. The molecule has 1 fully saturated rings. The highest BCUT2D eigenvalue weighted by molar-refractivity contribution is 7.99. The molecule has 0 radical (unpaired) electrons. The molecule has 1 saturated heterocycles. The average molecular weight is 279 g/mol. The Labute approximate surface area is 117 Å². The van der Waals surface area contributed by atoms with E-state index in [1.165, 1.54) is 0 Å². The van der Waals surface area contributed by atoms with Crippen molar-refractivity contribution in [3.8, 4) is 11.5 Å². The predicted molar refractivity (Wildman–Crippen MR) is 75.0 cm³/mol. The summed E-state index contributed by atoms with van der Waals surface area (Å²) in [6, 6.07) is 5.76. The first-order valence-electron chi connectivity index (χ1n) is 6.57. The number of hydrogen-bond acceptors (Lipinski definition) is 4. The Kier molecular flexibility index (Phi) is 3.82. The normalized spacial score (nSPS) is 18.2. The van der Waals surface area contributed by atoms with Crippen LogP contribution in [0.5, 0.6) is 11.5 Å². The second-order valence-electron chi connectivity index (χ2n) is 4.65. The van der Waals surface area contributed by atoms with Gasteiger partial charge in [0.05, 0.1) is 6.42 Å². The third kappa shape index (κ3) is 2.97. The molecule has 5 heteroatoms. The van der Waals surface area contributed by atoms with Crippen molar-refractivity contribution in [1.29, 1.82) is 0 Å². The molecule has 0 unspecified atom stereocenters. The van der Waals surface area contributed by atoms with Crippen molar-refractivity contribution >= 4 is 17.7 Å². The van der Waals surface area contributed by atoms with Crippen LogP contribution < -0.4 is 9.47 Å². The van der Waals surface area contributed by atoms with Crippen molar-refractivity contribution in [2.24, 2.45) is 0 Å². The molecule has 3 rings (SSSR count). The maximum Gasteiger partial charge on any atom is 0.227 e. The summed E-state index contributed by atoms with van der Waals surface area (Å²) in [4.78, 5) is 14.1. The molecule has 19 heavy (non-hydrogen) atoms. The minimum atomic E-state index is 0.206. The molecule has 1 amide bonds. The van der Waals surface area contributed by atoms with E-state index in [0.29, 0.717) is 19.6 Å². The van der Waals surface area contributed by atoms with Crippen molar-refractivity contribution in [1.82, 2.24) is 4.90 Å². The molecule has 0 saturated carbocycles. The van der Waals surface area contributed by atoms with Gasteiger partial charge in [0.2, 0.25) is 5.91 Å². The van der Waals surface area contributed by atoms with Crippen LogP contribution >= 0.6 is 11.8 Å². The quantitative estimate of drug-likeness (QED) is 0.824. The van der Waals surface area contributed by atoms with E-state index in [9.17, 15) is 4.79 Å². The van der Waals surface area contributed by atoms with Crippen molar-refractivity contribution < 1.29 is 14.3 Å².